The quantitative estimate of drug-likeness (QED) is 0.684. The summed E-state index contributed by atoms with van der Waals surface area (Å²) in [4.78, 5) is 32.6. The van der Waals surface area contributed by atoms with Crippen molar-refractivity contribution in [2.75, 3.05) is 5.32 Å². The summed E-state index contributed by atoms with van der Waals surface area (Å²) in [6.45, 7) is 0. The van der Waals surface area contributed by atoms with Gasteiger partial charge in [0.05, 0.1) is 9.85 Å². The van der Waals surface area contributed by atoms with Crippen LogP contribution in [0, 0.1) is 20.2 Å². The molecule has 0 radical (unpaired) electrons. The van der Waals surface area contributed by atoms with Crippen molar-refractivity contribution in [1.82, 2.24) is 0 Å². The lowest BCUT2D eigenvalue weighted by Gasteiger charge is -2.06. The van der Waals surface area contributed by atoms with Gasteiger partial charge in [0.1, 0.15) is 11.3 Å². The number of nitro benzene ring substituents is 2. The number of para-hydroxylation sites is 2. The second-order valence-corrected chi connectivity index (χ2v) is 4.58. The van der Waals surface area contributed by atoms with Crippen LogP contribution in [0.4, 0.5) is 17.1 Å². The Morgan fingerprint density at radius 1 is 1.00 bits per heavy atom. The predicted molar refractivity (Wildman–Crippen MR) is 79.2 cm³/mol. The van der Waals surface area contributed by atoms with Gasteiger partial charge in [0, 0.05) is 17.2 Å². The normalized spacial score (nSPS) is 10.0. The average Bonchev–Trinajstić information content (AvgIpc) is 2.47. The highest BCUT2D eigenvalue weighted by Gasteiger charge is 2.23. The van der Waals surface area contributed by atoms with Gasteiger partial charge in [-0.3, -0.25) is 25.0 Å². The van der Waals surface area contributed by atoms with E-state index in [0.29, 0.717) is 0 Å². The van der Waals surface area contributed by atoms with Crippen LogP contribution < -0.4 is 5.32 Å². The zero-order valence-electron chi connectivity index (χ0n) is 10.9. The standard InChI is InChI=1S/C13H8ClN3O5/c14-8-5-6-9(12(7-8)17(21)22)13(18)15-10-3-1-2-4-11(10)16(19)20/h1-7H,(H,15,18). The number of nitro groups is 2. The van der Waals surface area contributed by atoms with Gasteiger partial charge in [0.2, 0.25) is 0 Å². The van der Waals surface area contributed by atoms with Gasteiger partial charge in [-0.1, -0.05) is 23.7 Å². The van der Waals surface area contributed by atoms with E-state index in [-0.39, 0.29) is 22.0 Å². The molecule has 1 amide bonds. The van der Waals surface area contributed by atoms with Crippen LogP contribution in [0.1, 0.15) is 10.4 Å². The van der Waals surface area contributed by atoms with E-state index in [1.807, 2.05) is 0 Å². The number of hydrogen-bond donors (Lipinski definition) is 1. The van der Waals surface area contributed by atoms with Crippen molar-refractivity contribution in [1.29, 1.82) is 0 Å². The Bertz CT molecular complexity index is 778. The molecule has 9 heteroatoms. The summed E-state index contributed by atoms with van der Waals surface area (Å²) in [5.74, 6) is -0.835. The Labute approximate surface area is 128 Å². The maximum atomic E-state index is 12.1. The third-order valence-corrected chi connectivity index (χ3v) is 2.99. The minimum atomic E-state index is -0.835. The van der Waals surface area contributed by atoms with Crippen LogP contribution in [-0.4, -0.2) is 15.8 Å². The number of benzene rings is 2. The van der Waals surface area contributed by atoms with E-state index in [9.17, 15) is 25.0 Å². The van der Waals surface area contributed by atoms with E-state index in [1.54, 1.807) is 0 Å². The molecule has 0 aliphatic carbocycles. The molecular formula is C13H8ClN3O5. The van der Waals surface area contributed by atoms with Crippen LogP contribution in [0.3, 0.4) is 0 Å². The number of hydrogen-bond acceptors (Lipinski definition) is 5. The summed E-state index contributed by atoms with van der Waals surface area (Å²) in [5, 5.41) is 24.3. The Kier molecular flexibility index (Phi) is 4.33. The Hall–Kier alpha value is -3.00. The number of halogens is 1. The zero-order chi connectivity index (χ0) is 16.3. The van der Waals surface area contributed by atoms with Crippen molar-refractivity contribution in [2.45, 2.75) is 0 Å². The minimum Gasteiger partial charge on any atom is -0.316 e. The van der Waals surface area contributed by atoms with Crippen molar-refractivity contribution >= 4 is 34.6 Å². The summed E-state index contributed by atoms with van der Waals surface area (Å²) in [6, 6.07) is 9.03. The van der Waals surface area contributed by atoms with Gasteiger partial charge in [-0.25, -0.2) is 0 Å². The number of anilines is 1. The average molecular weight is 322 g/mol. The van der Waals surface area contributed by atoms with Gasteiger partial charge in [0.15, 0.2) is 0 Å². The van der Waals surface area contributed by atoms with Gasteiger partial charge in [-0.15, -0.1) is 0 Å². The Morgan fingerprint density at radius 3 is 2.27 bits per heavy atom. The van der Waals surface area contributed by atoms with Crippen LogP contribution in [0.15, 0.2) is 42.5 Å². The molecule has 0 atom stereocenters. The van der Waals surface area contributed by atoms with Crippen molar-refractivity contribution in [3.05, 3.63) is 73.3 Å². The molecule has 0 aliphatic heterocycles. The van der Waals surface area contributed by atoms with Crippen LogP contribution >= 0.6 is 11.6 Å². The van der Waals surface area contributed by atoms with Gasteiger partial charge >= 0.3 is 0 Å². The monoisotopic (exact) mass is 321 g/mol. The number of nitrogens with one attached hydrogen (secondary N) is 1. The van der Waals surface area contributed by atoms with E-state index in [0.717, 1.165) is 6.07 Å². The van der Waals surface area contributed by atoms with Gasteiger partial charge in [0.25, 0.3) is 17.3 Å². The molecule has 0 saturated carbocycles. The first-order valence-corrected chi connectivity index (χ1v) is 6.26. The third kappa shape index (κ3) is 3.18. The number of amides is 1. The Balaban J connectivity index is 2.39. The highest BCUT2D eigenvalue weighted by Crippen LogP contribution is 2.27. The topological polar surface area (TPSA) is 115 Å². The van der Waals surface area contributed by atoms with Crippen LogP contribution in [0.25, 0.3) is 0 Å². The van der Waals surface area contributed by atoms with Gasteiger partial charge in [-0.2, -0.15) is 0 Å². The van der Waals surface area contributed by atoms with E-state index in [2.05, 4.69) is 5.32 Å². The fraction of sp³-hybridized carbons (Fsp3) is 0. The first-order valence-electron chi connectivity index (χ1n) is 5.89. The maximum absolute atomic E-state index is 12.1. The summed E-state index contributed by atoms with van der Waals surface area (Å²) in [6.07, 6.45) is 0. The molecule has 0 bridgehead atoms. The second kappa shape index (κ2) is 6.19. The summed E-state index contributed by atoms with van der Waals surface area (Å²) >= 11 is 5.67. The summed E-state index contributed by atoms with van der Waals surface area (Å²) in [5.41, 5.74) is -1.09. The molecule has 0 fully saturated rings. The van der Waals surface area contributed by atoms with E-state index in [1.165, 1.54) is 36.4 Å². The summed E-state index contributed by atoms with van der Waals surface area (Å²) in [7, 11) is 0. The highest BCUT2D eigenvalue weighted by atomic mass is 35.5. The van der Waals surface area contributed by atoms with Crippen LogP contribution in [0.2, 0.25) is 5.02 Å². The SMILES string of the molecule is O=C(Nc1ccccc1[N+](=O)[O-])c1ccc(Cl)cc1[N+](=O)[O-]. The molecule has 1 N–H and O–H groups in total. The zero-order valence-corrected chi connectivity index (χ0v) is 11.6. The largest absolute Gasteiger partial charge is 0.316 e. The van der Waals surface area contributed by atoms with E-state index >= 15 is 0 Å². The first kappa shape index (κ1) is 15.4. The molecule has 22 heavy (non-hydrogen) atoms. The number of nitrogens with zero attached hydrogens (tertiary/aromatic N) is 2. The number of carbonyl (C=O) groups excluding carboxylic acids is 1. The fourth-order valence-electron chi connectivity index (χ4n) is 1.78. The smallest absolute Gasteiger partial charge is 0.292 e. The lowest BCUT2D eigenvalue weighted by Crippen LogP contribution is -2.14. The highest BCUT2D eigenvalue weighted by molar-refractivity contribution is 6.31. The molecule has 0 unspecified atom stereocenters. The number of carbonyl (C=O) groups is 1. The lowest BCUT2D eigenvalue weighted by atomic mass is 10.1. The predicted octanol–water partition coefficient (Wildman–Crippen LogP) is 3.41. The van der Waals surface area contributed by atoms with Crippen molar-refractivity contribution in [3.8, 4) is 0 Å². The molecule has 0 spiro atoms. The molecule has 2 aromatic rings. The van der Waals surface area contributed by atoms with E-state index < -0.39 is 21.4 Å². The van der Waals surface area contributed by atoms with E-state index in [4.69, 9.17) is 11.6 Å². The number of rotatable bonds is 4. The molecule has 0 aromatic heterocycles. The third-order valence-electron chi connectivity index (χ3n) is 2.75. The molecule has 2 rings (SSSR count). The molecule has 0 saturated heterocycles. The summed E-state index contributed by atoms with van der Waals surface area (Å²) < 4.78 is 0. The molecule has 8 nitrogen and oxygen atoms in total. The van der Waals surface area contributed by atoms with Gasteiger partial charge in [-0.05, 0) is 18.2 Å². The maximum Gasteiger partial charge on any atom is 0.292 e. The molecule has 0 aliphatic rings. The van der Waals surface area contributed by atoms with Gasteiger partial charge < -0.3 is 5.32 Å². The second-order valence-electron chi connectivity index (χ2n) is 4.15. The molecule has 2 aromatic carbocycles. The van der Waals surface area contributed by atoms with Crippen molar-refractivity contribution in [3.63, 3.8) is 0 Å². The van der Waals surface area contributed by atoms with Crippen LogP contribution in [0.5, 0.6) is 0 Å². The lowest BCUT2D eigenvalue weighted by molar-refractivity contribution is -0.385. The van der Waals surface area contributed by atoms with Crippen molar-refractivity contribution < 1.29 is 14.6 Å². The molecule has 112 valence electrons. The van der Waals surface area contributed by atoms with Crippen LogP contribution in [-0.2, 0) is 0 Å². The Morgan fingerprint density at radius 2 is 1.64 bits per heavy atom. The fourth-order valence-corrected chi connectivity index (χ4v) is 1.94. The minimum absolute atomic E-state index is 0.0539. The first-order chi connectivity index (χ1) is 10.4. The molecule has 0 heterocycles. The van der Waals surface area contributed by atoms with Crippen molar-refractivity contribution in [2.24, 2.45) is 0 Å². The molecular weight excluding hydrogens is 314 g/mol.